The van der Waals surface area contributed by atoms with E-state index in [1.807, 2.05) is 12.1 Å². The van der Waals surface area contributed by atoms with Gasteiger partial charge >= 0.3 is 0 Å². The molecule has 2 unspecified atom stereocenters. The Balaban J connectivity index is 1.93. The van der Waals surface area contributed by atoms with E-state index < -0.39 is 0 Å². The zero-order valence-electron chi connectivity index (χ0n) is 10.7. The van der Waals surface area contributed by atoms with Crippen LogP contribution >= 0.6 is 0 Å². The SMILES string of the molecule is CC(c1ccc(N)cc1)N(C)CC1CCCO1. The highest BCUT2D eigenvalue weighted by atomic mass is 16.5. The van der Waals surface area contributed by atoms with Crippen LogP contribution in [0.2, 0.25) is 0 Å². The molecule has 2 N–H and O–H groups in total. The summed E-state index contributed by atoms with van der Waals surface area (Å²) in [6.07, 6.45) is 2.81. The molecule has 0 saturated carbocycles. The Kier molecular flexibility index (Phi) is 4.02. The zero-order chi connectivity index (χ0) is 12.3. The van der Waals surface area contributed by atoms with Gasteiger partial charge in [-0.15, -0.1) is 0 Å². The fourth-order valence-electron chi connectivity index (χ4n) is 2.30. The first-order valence-electron chi connectivity index (χ1n) is 6.34. The quantitative estimate of drug-likeness (QED) is 0.813. The summed E-state index contributed by atoms with van der Waals surface area (Å²) in [7, 11) is 2.16. The molecule has 3 heteroatoms. The highest BCUT2D eigenvalue weighted by Crippen LogP contribution is 2.22. The lowest BCUT2D eigenvalue weighted by Crippen LogP contribution is -2.31. The highest BCUT2D eigenvalue weighted by molar-refractivity contribution is 5.40. The van der Waals surface area contributed by atoms with Crippen LogP contribution in [-0.4, -0.2) is 31.2 Å². The van der Waals surface area contributed by atoms with E-state index in [9.17, 15) is 0 Å². The summed E-state index contributed by atoms with van der Waals surface area (Å²) in [5, 5.41) is 0. The molecule has 1 fully saturated rings. The second-order valence-corrected chi connectivity index (χ2v) is 4.92. The predicted octanol–water partition coefficient (Wildman–Crippen LogP) is 2.44. The zero-order valence-corrected chi connectivity index (χ0v) is 10.7. The van der Waals surface area contributed by atoms with Gasteiger partial charge in [0.15, 0.2) is 0 Å². The van der Waals surface area contributed by atoms with Gasteiger partial charge < -0.3 is 10.5 Å². The first kappa shape index (κ1) is 12.4. The van der Waals surface area contributed by atoms with Crippen molar-refractivity contribution in [1.82, 2.24) is 4.90 Å². The number of hydrogen-bond donors (Lipinski definition) is 1. The van der Waals surface area contributed by atoms with Crippen molar-refractivity contribution < 1.29 is 4.74 Å². The Morgan fingerprint density at radius 3 is 2.71 bits per heavy atom. The van der Waals surface area contributed by atoms with E-state index in [2.05, 4.69) is 31.0 Å². The van der Waals surface area contributed by atoms with Crippen molar-refractivity contribution in [3.8, 4) is 0 Å². The molecular formula is C14H22N2O. The van der Waals surface area contributed by atoms with Gasteiger partial charge in [-0.3, -0.25) is 4.90 Å². The third-order valence-corrected chi connectivity index (χ3v) is 3.60. The first-order valence-corrected chi connectivity index (χ1v) is 6.34. The highest BCUT2D eigenvalue weighted by Gasteiger charge is 2.20. The first-order chi connectivity index (χ1) is 8.16. The van der Waals surface area contributed by atoms with Crippen LogP contribution in [-0.2, 0) is 4.74 Å². The van der Waals surface area contributed by atoms with Crippen molar-refractivity contribution in [2.45, 2.75) is 31.9 Å². The second-order valence-electron chi connectivity index (χ2n) is 4.92. The molecule has 2 rings (SSSR count). The summed E-state index contributed by atoms with van der Waals surface area (Å²) in [6, 6.07) is 8.54. The molecule has 2 atom stereocenters. The molecule has 1 aromatic carbocycles. The monoisotopic (exact) mass is 234 g/mol. The van der Waals surface area contributed by atoms with Crippen LogP contribution in [0.5, 0.6) is 0 Å². The summed E-state index contributed by atoms with van der Waals surface area (Å²) < 4.78 is 5.67. The molecule has 1 saturated heterocycles. The summed E-state index contributed by atoms with van der Waals surface area (Å²) in [5.74, 6) is 0. The molecule has 0 spiro atoms. The largest absolute Gasteiger partial charge is 0.399 e. The molecule has 0 radical (unpaired) electrons. The normalized spacial score (nSPS) is 21.9. The van der Waals surface area contributed by atoms with E-state index in [4.69, 9.17) is 10.5 Å². The van der Waals surface area contributed by atoms with Crippen molar-refractivity contribution in [1.29, 1.82) is 0 Å². The molecule has 17 heavy (non-hydrogen) atoms. The van der Waals surface area contributed by atoms with Crippen LogP contribution in [0.1, 0.15) is 31.4 Å². The number of nitrogen functional groups attached to an aromatic ring is 1. The van der Waals surface area contributed by atoms with Gasteiger partial charge in [0.05, 0.1) is 6.10 Å². The third-order valence-electron chi connectivity index (χ3n) is 3.60. The molecule has 3 nitrogen and oxygen atoms in total. The fourth-order valence-corrected chi connectivity index (χ4v) is 2.30. The molecule has 1 aromatic rings. The number of likely N-dealkylation sites (N-methyl/N-ethyl adjacent to an activating group) is 1. The summed E-state index contributed by atoms with van der Waals surface area (Å²) in [6.45, 7) is 4.15. The minimum Gasteiger partial charge on any atom is -0.399 e. The van der Waals surface area contributed by atoms with Crippen LogP contribution in [0.25, 0.3) is 0 Å². The van der Waals surface area contributed by atoms with Crippen molar-refractivity contribution in [3.63, 3.8) is 0 Å². The van der Waals surface area contributed by atoms with E-state index in [1.54, 1.807) is 0 Å². The smallest absolute Gasteiger partial charge is 0.0702 e. The van der Waals surface area contributed by atoms with Gasteiger partial charge in [-0.25, -0.2) is 0 Å². The second kappa shape index (κ2) is 5.52. The van der Waals surface area contributed by atoms with Crippen LogP contribution in [0.15, 0.2) is 24.3 Å². The van der Waals surface area contributed by atoms with E-state index in [-0.39, 0.29) is 0 Å². The van der Waals surface area contributed by atoms with Crippen LogP contribution in [0.3, 0.4) is 0 Å². The van der Waals surface area contributed by atoms with Gasteiger partial charge in [0.1, 0.15) is 0 Å². The molecule has 0 aliphatic carbocycles. The maximum Gasteiger partial charge on any atom is 0.0702 e. The van der Waals surface area contributed by atoms with E-state index in [0.717, 1.165) is 18.8 Å². The Labute approximate surface area is 104 Å². The van der Waals surface area contributed by atoms with E-state index in [0.29, 0.717) is 12.1 Å². The van der Waals surface area contributed by atoms with Crippen molar-refractivity contribution in [2.75, 3.05) is 25.9 Å². The number of nitrogens with two attached hydrogens (primary N) is 1. The number of hydrogen-bond acceptors (Lipinski definition) is 3. The summed E-state index contributed by atoms with van der Waals surface area (Å²) in [5.41, 5.74) is 7.83. The van der Waals surface area contributed by atoms with Crippen molar-refractivity contribution in [2.24, 2.45) is 0 Å². The number of anilines is 1. The lowest BCUT2D eigenvalue weighted by molar-refractivity contribution is 0.0704. The molecule has 1 heterocycles. The molecule has 0 bridgehead atoms. The van der Waals surface area contributed by atoms with Gasteiger partial charge in [-0.2, -0.15) is 0 Å². The molecule has 0 aromatic heterocycles. The summed E-state index contributed by atoms with van der Waals surface area (Å²) >= 11 is 0. The Morgan fingerprint density at radius 2 is 2.12 bits per heavy atom. The maximum atomic E-state index is 5.70. The number of ether oxygens (including phenoxy) is 1. The average Bonchev–Trinajstić information content (AvgIpc) is 2.82. The fraction of sp³-hybridized carbons (Fsp3) is 0.571. The lowest BCUT2D eigenvalue weighted by Gasteiger charge is -2.27. The standard InChI is InChI=1S/C14H22N2O/c1-11(12-5-7-13(15)8-6-12)16(2)10-14-4-3-9-17-14/h5-8,11,14H,3-4,9-10,15H2,1-2H3. The predicted molar refractivity (Wildman–Crippen MR) is 70.9 cm³/mol. The molecule has 1 aliphatic heterocycles. The van der Waals surface area contributed by atoms with Gasteiger partial charge in [-0.1, -0.05) is 12.1 Å². The van der Waals surface area contributed by atoms with Gasteiger partial charge in [0.25, 0.3) is 0 Å². The minimum absolute atomic E-state index is 0.403. The summed E-state index contributed by atoms with van der Waals surface area (Å²) in [4.78, 5) is 2.35. The maximum absolute atomic E-state index is 5.70. The lowest BCUT2D eigenvalue weighted by atomic mass is 10.1. The van der Waals surface area contributed by atoms with Crippen molar-refractivity contribution in [3.05, 3.63) is 29.8 Å². The molecular weight excluding hydrogens is 212 g/mol. The van der Waals surface area contributed by atoms with Crippen molar-refractivity contribution >= 4 is 5.69 Å². The Hall–Kier alpha value is -1.06. The average molecular weight is 234 g/mol. The van der Waals surface area contributed by atoms with Gasteiger partial charge in [0.2, 0.25) is 0 Å². The third kappa shape index (κ3) is 3.20. The van der Waals surface area contributed by atoms with E-state index in [1.165, 1.54) is 18.4 Å². The Bertz CT molecular complexity index is 344. The molecule has 1 aliphatic rings. The number of rotatable bonds is 4. The number of nitrogens with zero attached hydrogens (tertiary/aromatic N) is 1. The van der Waals surface area contributed by atoms with Gasteiger partial charge in [-0.05, 0) is 44.5 Å². The topological polar surface area (TPSA) is 38.5 Å². The molecule has 94 valence electrons. The van der Waals surface area contributed by atoms with Crippen LogP contribution in [0.4, 0.5) is 5.69 Å². The minimum atomic E-state index is 0.403. The van der Waals surface area contributed by atoms with E-state index >= 15 is 0 Å². The molecule has 0 amide bonds. The van der Waals surface area contributed by atoms with Gasteiger partial charge in [0, 0.05) is 24.9 Å². The van der Waals surface area contributed by atoms with Crippen LogP contribution in [0, 0.1) is 0 Å². The van der Waals surface area contributed by atoms with Crippen LogP contribution < -0.4 is 5.73 Å². The number of benzene rings is 1. The Morgan fingerprint density at radius 1 is 1.41 bits per heavy atom.